The van der Waals surface area contributed by atoms with Crippen molar-refractivity contribution in [3.8, 4) is 0 Å². The van der Waals surface area contributed by atoms with Crippen LogP contribution in [0.5, 0.6) is 0 Å². The van der Waals surface area contributed by atoms with Crippen molar-refractivity contribution in [2.45, 2.75) is 76.2 Å². The largest absolute Gasteiger partial charge is 0.402 e. The van der Waals surface area contributed by atoms with Crippen LogP contribution in [0.1, 0.15) is 45.4 Å². The molecule has 0 aliphatic carbocycles. The van der Waals surface area contributed by atoms with Crippen LogP contribution in [-0.2, 0) is 23.5 Å². The minimum atomic E-state index is -4.44. The normalized spacial score (nSPS) is 31.3. The van der Waals surface area contributed by atoms with Gasteiger partial charge in [-0.05, 0) is 6.42 Å². The highest BCUT2D eigenvalue weighted by atomic mass is 32.3. The molecule has 9 nitrogen and oxygen atoms in total. The lowest BCUT2D eigenvalue weighted by molar-refractivity contribution is -0.278. The summed E-state index contributed by atoms with van der Waals surface area (Å²) in [5.41, 5.74) is 0. The van der Waals surface area contributed by atoms with E-state index < -0.39 is 47.7 Å². The Bertz CT molecular complexity index is 440. The zero-order valence-corrected chi connectivity index (χ0v) is 14.6. The van der Waals surface area contributed by atoms with Crippen molar-refractivity contribution < 1.29 is 41.9 Å². The third-order valence-corrected chi connectivity index (χ3v) is 4.67. The number of hydrogen-bond acceptors (Lipinski definition) is 9. The van der Waals surface area contributed by atoms with Crippen LogP contribution in [0.15, 0.2) is 0 Å². The molecule has 10 heteroatoms. The summed E-state index contributed by atoms with van der Waals surface area (Å²) in [7, 11) is -4.44. The van der Waals surface area contributed by atoms with Crippen molar-refractivity contribution >= 4 is 10.4 Å². The van der Waals surface area contributed by atoms with E-state index in [9.17, 15) is 23.7 Å². The smallest absolute Gasteiger partial charge is 0.394 e. The van der Waals surface area contributed by atoms with Crippen LogP contribution in [0.2, 0.25) is 0 Å². The Morgan fingerprint density at radius 3 is 2.21 bits per heavy atom. The van der Waals surface area contributed by atoms with Crippen LogP contribution in [0.25, 0.3) is 0 Å². The summed E-state index contributed by atoms with van der Waals surface area (Å²) in [4.78, 5) is 0. The van der Waals surface area contributed by atoms with Crippen LogP contribution in [0.4, 0.5) is 0 Å². The summed E-state index contributed by atoms with van der Waals surface area (Å²) in [5, 5.41) is 37.9. The second-order valence-corrected chi connectivity index (χ2v) is 7.04. The minimum absolute atomic E-state index is 0.0636. The number of unbranched alkanes of at least 4 members (excludes halogenated alkanes) is 5. The molecular weight excluding hydrogens is 344 g/mol. The highest BCUT2D eigenvalue weighted by molar-refractivity contribution is 7.81. The van der Waals surface area contributed by atoms with E-state index in [1.165, 1.54) is 0 Å². The SMILES string of the molecule is CCCCCCCCOS(=O)(=O)OC1O[C@H](CO)[C@@H](O)[C@H](O)[C@H]1O. The van der Waals surface area contributed by atoms with Crippen molar-refractivity contribution in [3.05, 3.63) is 0 Å². The van der Waals surface area contributed by atoms with Gasteiger partial charge in [0.1, 0.15) is 24.4 Å². The molecule has 4 N–H and O–H groups in total. The predicted octanol–water partition coefficient (Wildman–Crippen LogP) is -0.575. The van der Waals surface area contributed by atoms with Gasteiger partial charge in [-0.2, -0.15) is 8.42 Å². The molecule has 5 atom stereocenters. The van der Waals surface area contributed by atoms with E-state index in [0.29, 0.717) is 6.42 Å². The Kier molecular flexibility index (Phi) is 9.60. The van der Waals surface area contributed by atoms with Gasteiger partial charge in [-0.3, -0.25) is 0 Å². The van der Waals surface area contributed by atoms with E-state index in [1.807, 2.05) is 0 Å². The molecule has 1 saturated heterocycles. The third-order valence-electron chi connectivity index (χ3n) is 3.79. The van der Waals surface area contributed by atoms with E-state index in [1.54, 1.807) is 0 Å². The lowest BCUT2D eigenvalue weighted by Crippen LogP contribution is -2.59. The van der Waals surface area contributed by atoms with Gasteiger partial charge >= 0.3 is 10.4 Å². The fourth-order valence-electron chi connectivity index (χ4n) is 2.33. The Morgan fingerprint density at radius 2 is 1.58 bits per heavy atom. The standard InChI is InChI=1S/C14H28O9S/c1-2-3-4-5-6-7-8-21-24(19,20)23-14-13(18)12(17)11(16)10(9-15)22-14/h10-18H,2-9H2,1H3/t10-,11-,12+,13-,14?/m1/s1. The molecule has 0 saturated carbocycles. The van der Waals surface area contributed by atoms with Crippen molar-refractivity contribution in [2.24, 2.45) is 0 Å². The highest BCUT2D eigenvalue weighted by Gasteiger charge is 2.46. The molecule has 1 fully saturated rings. The topological polar surface area (TPSA) is 143 Å². The van der Waals surface area contributed by atoms with Gasteiger partial charge in [-0.25, -0.2) is 8.37 Å². The molecule has 0 spiro atoms. The molecule has 0 radical (unpaired) electrons. The third kappa shape index (κ3) is 6.89. The van der Waals surface area contributed by atoms with Crippen molar-refractivity contribution in [3.63, 3.8) is 0 Å². The monoisotopic (exact) mass is 372 g/mol. The van der Waals surface area contributed by atoms with Gasteiger partial charge < -0.3 is 25.2 Å². The maximum absolute atomic E-state index is 11.7. The van der Waals surface area contributed by atoms with E-state index in [2.05, 4.69) is 15.3 Å². The predicted molar refractivity (Wildman–Crippen MR) is 83.1 cm³/mol. The van der Waals surface area contributed by atoms with E-state index >= 15 is 0 Å². The molecule has 0 bridgehead atoms. The van der Waals surface area contributed by atoms with Gasteiger partial charge in [-0.1, -0.05) is 39.0 Å². The molecule has 1 aliphatic heterocycles. The maximum Gasteiger partial charge on any atom is 0.402 e. The number of aliphatic hydroxyl groups excluding tert-OH is 4. The number of hydrogen-bond donors (Lipinski definition) is 4. The Hall–Kier alpha value is -0.330. The van der Waals surface area contributed by atoms with Gasteiger partial charge in [0.05, 0.1) is 13.2 Å². The summed E-state index contributed by atoms with van der Waals surface area (Å²) in [5.74, 6) is 0. The van der Waals surface area contributed by atoms with Gasteiger partial charge in [0.15, 0.2) is 0 Å². The molecule has 1 heterocycles. The van der Waals surface area contributed by atoms with Crippen molar-refractivity contribution in [2.75, 3.05) is 13.2 Å². The molecule has 24 heavy (non-hydrogen) atoms. The fraction of sp³-hybridized carbons (Fsp3) is 1.00. The Balaban J connectivity index is 2.39. The lowest BCUT2D eigenvalue weighted by Gasteiger charge is -2.38. The molecule has 0 amide bonds. The van der Waals surface area contributed by atoms with Gasteiger partial charge in [0.25, 0.3) is 0 Å². The number of ether oxygens (including phenoxy) is 1. The number of rotatable bonds is 11. The first-order chi connectivity index (χ1) is 11.3. The molecular formula is C14H28O9S. The average Bonchev–Trinajstić information content (AvgIpc) is 2.54. The number of aliphatic hydroxyl groups is 4. The van der Waals surface area contributed by atoms with Crippen LogP contribution < -0.4 is 0 Å². The molecule has 144 valence electrons. The highest BCUT2D eigenvalue weighted by Crippen LogP contribution is 2.23. The van der Waals surface area contributed by atoms with E-state index in [4.69, 9.17) is 9.84 Å². The molecule has 0 aromatic carbocycles. The Morgan fingerprint density at radius 1 is 0.958 bits per heavy atom. The molecule has 1 aliphatic rings. The molecule has 1 unspecified atom stereocenters. The Labute approximate surface area is 142 Å². The second-order valence-electron chi connectivity index (χ2n) is 5.79. The van der Waals surface area contributed by atoms with Gasteiger partial charge in [0.2, 0.25) is 6.29 Å². The summed E-state index contributed by atoms with van der Waals surface area (Å²) in [6, 6.07) is 0. The summed E-state index contributed by atoms with van der Waals surface area (Å²) in [6.45, 7) is 1.36. The average molecular weight is 372 g/mol. The molecule has 0 aromatic rings. The van der Waals surface area contributed by atoms with E-state index in [-0.39, 0.29) is 6.61 Å². The van der Waals surface area contributed by atoms with Crippen molar-refractivity contribution in [1.29, 1.82) is 0 Å². The van der Waals surface area contributed by atoms with Crippen molar-refractivity contribution in [1.82, 2.24) is 0 Å². The van der Waals surface area contributed by atoms with Crippen LogP contribution in [0.3, 0.4) is 0 Å². The summed E-state index contributed by atoms with van der Waals surface area (Å²) < 4.78 is 37.6. The van der Waals surface area contributed by atoms with Gasteiger partial charge in [0, 0.05) is 0 Å². The zero-order valence-electron chi connectivity index (χ0n) is 13.8. The summed E-state index contributed by atoms with van der Waals surface area (Å²) in [6.07, 6.45) is -2.40. The lowest BCUT2D eigenvalue weighted by atomic mass is 10.00. The first-order valence-electron chi connectivity index (χ1n) is 8.20. The fourth-order valence-corrected chi connectivity index (χ4v) is 3.10. The first kappa shape index (κ1) is 21.7. The van der Waals surface area contributed by atoms with Gasteiger partial charge in [-0.15, -0.1) is 0 Å². The maximum atomic E-state index is 11.7. The molecule has 0 aromatic heterocycles. The van der Waals surface area contributed by atoms with Crippen LogP contribution in [-0.4, -0.2) is 72.8 Å². The quantitative estimate of drug-likeness (QED) is 0.350. The first-order valence-corrected chi connectivity index (χ1v) is 9.54. The summed E-state index contributed by atoms with van der Waals surface area (Å²) >= 11 is 0. The second kappa shape index (κ2) is 10.6. The van der Waals surface area contributed by atoms with E-state index in [0.717, 1.165) is 32.1 Å². The molecule has 1 rings (SSSR count). The minimum Gasteiger partial charge on any atom is -0.394 e. The van der Waals surface area contributed by atoms with Crippen LogP contribution in [0, 0.1) is 0 Å². The zero-order chi connectivity index (χ0) is 18.2. The van der Waals surface area contributed by atoms with Crippen LogP contribution >= 0.6 is 0 Å².